The normalized spacial score (nSPS) is 10.1. The maximum Gasteiger partial charge on any atom is 0.323 e. The van der Waals surface area contributed by atoms with Gasteiger partial charge in [0.2, 0.25) is 5.78 Å². The van der Waals surface area contributed by atoms with E-state index in [1.54, 1.807) is 12.1 Å². The summed E-state index contributed by atoms with van der Waals surface area (Å²) in [5.41, 5.74) is -0.410. The average molecular weight is 293 g/mol. The van der Waals surface area contributed by atoms with Crippen LogP contribution in [-0.4, -0.2) is 27.9 Å². The van der Waals surface area contributed by atoms with Crippen LogP contribution in [0.4, 0.5) is 0 Å². The predicted molar refractivity (Wildman–Crippen MR) is 69.6 cm³/mol. The number of methoxy groups -OCH3 is 1. The standard InChI is InChI=1S/C12H11N3O6/c1-20-8-4-2-7(3-5-8)11(16)10-9(6-21-15(18)19)13-12(17)14-10/h2-5H,6H2,1H3,(H2,13,14,17). The number of ketones is 1. The van der Waals surface area contributed by atoms with Gasteiger partial charge in [0.1, 0.15) is 18.1 Å². The lowest BCUT2D eigenvalue weighted by molar-refractivity contribution is -0.763. The van der Waals surface area contributed by atoms with E-state index in [-0.39, 0.29) is 11.4 Å². The summed E-state index contributed by atoms with van der Waals surface area (Å²) >= 11 is 0. The molecule has 110 valence electrons. The topological polar surface area (TPSA) is 127 Å². The monoisotopic (exact) mass is 293 g/mol. The van der Waals surface area contributed by atoms with Gasteiger partial charge in [0.05, 0.1) is 12.8 Å². The van der Waals surface area contributed by atoms with Crippen molar-refractivity contribution in [1.29, 1.82) is 0 Å². The van der Waals surface area contributed by atoms with E-state index in [9.17, 15) is 19.7 Å². The van der Waals surface area contributed by atoms with Crippen LogP contribution >= 0.6 is 0 Å². The first-order valence-corrected chi connectivity index (χ1v) is 5.78. The van der Waals surface area contributed by atoms with Crippen LogP contribution in [0.3, 0.4) is 0 Å². The van der Waals surface area contributed by atoms with Gasteiger partial charge in [0.25, 0.3) is 5.09 Å². The minimum absolute atomic E-state index is 0.0116. The second kappa shape index (κ2) is 5.90. The van der Waals surface area contributed by atoms with E-state index in [0.29, 0.717) is 11.3 Å². The fraction of sp³-hybridized carbons (Fsp3) is 0.167. The van der Waals surface area contributed by atoms with E-state index in [4.69, 9.17) is 4.74 Å². The predicted octanol–water partition coefficient (Wildman–Crippen LogP) is 0.651. The molecular weight excluding hydrogens is 282 g/mol. The molecule has 0 saturated heterocycles. The number of hydrogen-bond donors (Lipinski definition) is 2. The van der Waals surface area contributed by atoms with Gasteiger partial charge in [0.15, 0.2) is 0 Å². The molecule has 1 aromatic carbocycles. The first-order chi connectivity index (χ1) is 10.0. The van der Waals surface area contributed by atoms with Crippen molar-refractivity contribution in [3.63, 3.8) is 0 Å². The van der Waals surface area contributed by atoms with Gasteiger partial charge in [-0.25, -0.2) is 4.79 Å². The fourth-order valence-electron chi connectivity index (χ4n) is 1.73. The highest BCUT2D eigenvalue weighted by atomic mass is 16.9. The average Bonchev–Trinajstić information content (AvgIpc) is 2.85. The summed E-state index contributed by atoms with van der Waals surface area (Å²) in [5, 5.41) is 9.18. The van der Waals surface area contributed by atoms with E-state index < -0.39 is 23.2 Å². The molecule has 0 fully saturated rings. The van der Waals surface area contributed by atoms with Gasteiger partial charge in [-0.15, -0.1) is 10.1 Å². The SMILES string of the molecule is COc1ccc(C(=O)c2[nH]c(=O)[nH]c2CO[N+](=O)[O-])cc1. The van der Waals surface area contributed by atoms with Crippen LogP contribution in [0.15, 0.2) is 29.1 Å². The van der Waals surface area contributed by atoms with Crippen LogP contribution in [0.5, 0.6) is 5.75 Å². The summed E-state index contributed by atoms with van der Waals surface area (Å²) in [6.07, 6.45) is 0. The summed E-state index contributed by atoms with van der Waals surface area (Å²) in [4.78, 5) is 42.5. The summed E-state index contributed by atoms with van der Waals surface area (Å²) in [6.45, 7) is -0.525. The molecular formula is C12H11N3O6. The highest BCUT2D eigenvalue weighted by Gasteiger charge is 2.18. The van der Waals surface area contributed by atoms with Crippen molar-refractivity contribution < 1.29 is 19.5 Å². The lowest BCUT2D eigenvalue weighted by atomic mass is 10.1. The van der Waals surface area contributed by atoms with Crippen LogP contribution in [0.1, 0.15) is 21.7 Å². The number of ether oxygens (including phenoxy) is 1. The van der Waals surface area contributed by atoms with Gasteiger partial charge in [0, 0.05) is 5.56 Å². The smallest absolute Gasteiger partial charge is 0.323 e. The molecule has 0 spiro atoms. The van der Waals surface area contributed by atoms with E-state index in [1.807, 2.05) is 0 Å². The first-order valence-electron chi connectivity index (χ1n) is 5.78. The zero-order valence-corrected chi connectivity index (χ0v) is 10.9. The highest BCUT2D eigenvalue weighted by molar-refractivity contribution is 6.08. The number of aromatic amines is 2. The Morgan fingerprint density at radius 3 is 2.52 bits per heavy atom. The number of carbonyl (C=O) groups is 1. The maximum atomic E-state index is 12.3. The number of rotatable bonds is 6. The van der Waals surface area contributed by atoms with Crippen molar-refractivity contribution in [2.24, 2.45) is 0 Å². The minimum atomic E-state index is -1.01. The zero-order chi connectivity index (χ0) is 15.4. The minimum Gasteiger partial charge on any atom is -0.497 e. The van der Waals surface area contributed by atoms with Crippen LogP contribution < -0.4 is 10.4 Å². The lowest BCUT2D eigenvalue weighted by Crippen LogP contribution is -2.08. The van der Waals surface area contributed by atoms with Crippen molar-refractivity contribution in [1.82, 2.24) is 9.97 Å². The Balaban J connectivity index is 2.29. The molecule has 0 unspecified atom stereocenters. The molecule has 0 bridgehead atoms. The second-order valence-electron chi connectivity index (χ2n) is 3.99. The molecule has 21 heavy (non-hydrogen) atoms. The van der Waals surface area contributed by atoms with Crippen molar-refractivity contribution in [2.45, 2.75) is 6.61 Å². The third-order valence-electron chi connectivity index (χ3n) is 2.70. The Labute approximate surface area is 117 Å². The van der Waals surface area contributed by atoms with Gasteiger partial charge in [-0.1, -0.05) is 0 Å². The molecule has 0 radical (unpaired) electrons. The summed E-state index contributed by atoms with van der Waals surface area (Å²) in [7, 11) is 1.49. The van der Waals surface area contributed by atoms with Gasteiger partial charge in [-0.3, -0.25) is 4.79 Å². The van der Waals surface area contributed by atoms with E-state index >= 15 is 0 Å². The Morgan fingerprint density at radius 2 is 1.95 bits per heavy atom. The number of imidazole rings is 1. The number of hydrogen-bond acceptors (Lipinski definition) is 6. The molecule has 0 aliphatic heterocycles. The van der Waals surface area contributed by atoms with Crippen LogP contribution in [-0.2, 0) is 11.4 Å². The number of nitrogens with one attached hydrogen (secondary N) is 2. The first kappa shape index (κ1) is 14.3. The zero-order valence-electron chi connectivity index (χ0n) is 10.9. The third-order valence-corrected chi connectivity index (χ3v) is 2.70. The number of carbonyl (C=O) groups excluding carboxylic acids is 1. The molecule has 0 aliphatic carbocycles. The fourth-order valence-corrected chi connectivity index (χ4v) is 1.73. The third kappa shape index (κ3) is 3.26. The molecule has 2 rings (SSSR count). The molecule has 9 nitrogen and oxygen atoms in total. The number of aromatic nitrogens is 2. The Morgan fingerprint density at radius 1 is 1.29 bits per heavy atom. The quantitative estimate of drug-likeness (QED) is 0.457. The molecule has 1 heterocycles. The maximum absolute atomic E-state index is 12.3. The Hall–Kier alpha value is -3.10. The van der Waals surface area contributed by atoms with E-state index in [2.05, 4.69) is 14.8 Å². The second-order valence-corrected chi connectivity index (χ2v) is 3.99. The number of H-pyrrole nitrogens is 2. The van der Waals surface area contributed by atoms with Gasteiger partial charge in [-0.2, -0.15) is 0 Å². The molecule has 0 aliphatic rings. The van der Waals surface area contributed by atoms with Crippen molar-refractivity contribution in [2.75, 3.05) is 7.11 Å². The molecule has 2 aromatic rings. The van der Waals surface area contributed by atoms with Crippen LogP contribution in [0.25, 0.3) is 0 Å². The van der Waals surface area contributed by atoms with Gasteiger partial charge >= 0.3 is 5.69 Å². The number of benzene rings is 1. The van der Waals surface area contributed by atoms with Crippen molar-refractivity contribution >= 4 is 5.78 Å². The largest absolute Gasteiger partial charge is 0.497 e. The summed E-state index contributed by atoms with van der Waals surface area (Å²) < 4.78 is 4.98. The molecule has 0 amide bonds. The summed E-state index contributed by atoms with van der Waals surface area (Å²) in [5.74, 6) is 0.0870. The van der Waals surface area contributed by atoms with Crippen molar-refractivity contribution in [3.05, 3.63) is 61.8 Å². The molecule has 1 aromatic heterocycles. The van der Waals surface area contributed by atoms with E-state index in [0.717, 1.165) is 0 Å². The highest BCUT2D eigenvalue weighted by Crippen LogP contribution is 2.15. The lowest BCUT2D eigenvalue weighted by Gasteiger charge is -2.03. The number of nitrogens with zero attached hydrogens (tertiary/aromatic N) is 1. The van der Waals surface area contributed by atoms with Gasteiger partial charge in [-0.05, 0) is 24.3 Å². The Bertz CT molecular complexity index is 715. The molecule has 2 N–H and O–H groups in total. The molecule has 0 atom stereocenters. The summed E-state index contributed by atoms with van der Waals surface area (Å²) in [6, 6.07) is 6.21. The Kier molecular flexibility index (Phi) is 4.02. The molecule has 9 heteroatoms. The van der Waals surface area contributed by atoms with Crippen LogP contribution in [0.2, 0.25) is 0 Å². The molecule has 0 saturated carbocycles. The van der Waals surface area contributed by atoms with E-state index in [1.165, 1.54) is 19.2 Å². The van der Waals surface area contributed by atoms with Crippen LogP contribution in [0, 0.1) is 10.1 Å². The van der Waals surface area contributed by atoms with Crippen molar-refractivity contribution in [3.8, 4) is 5.75 Å². The van der Waals surface area contributed by atoms with Gasteiger partial charge < -0.3 is 19.5 Å².